The molecular weight excluding hydrogens is 484 g/mol. The van der Waals surface area contributed by atoms with E-state index in [4.69, 9.17) is 10.2 Å². The molecule has 4 heterocycles. The summed E-state index contributed by atoms with van der Waals surface area (Å²) in [6, 6.07) is 20.8. The molecule has 0 unspecified atom stereocenters. The number of nitrogens with two attached hydrogens (primary N) is 1. The Morgan fingerprint density at radius 2 is 1.56 bits per heavy atom. The Labute approximate surface area is 228 Å². The standard InChI is InChI=1S/C26H18N6O.C6H12/c27-25-22(23-4-1-2-13-29-23)17-30-26(32-25)31-20-9-6-18(7-10-20)8-11-21-16-19(12-14-28-21)24-5-3-15-33-24;1-2-4-6-5-3-1/h1-7,9-10,12-17H,(H3,27,30,31,32);1-6H2. The Kier molecular flexibility index (Phi) is 8.57. The van der Waals surface area contributed by atoms with Crippen LogP contribution < -0.4 is 11.1 Å². The molecule has 0 aliphatic heterocycles. The summed E-state index contributed by atoms with van der Waals surface area (Å²) >= 11 is 0. The molecule has 0 bridgehead atoms. The molecule has 4 aromatic heterocycles. The van der Waals surface area contributed by atoms with Gasteiger partial charge >= 0.3 is 0 Å². The van der Waals surface area contributed by atoms with Crippen LogP contribution in [0.25, 0.3) is 22.6 Å². The van der Waals surface area contributed by atoms with Crippen molar-refractivity contribution in [1.82, 2.24) is 19.9 Å². The number of hydrogen-bond donors (Lipinski definition) is 2. The Morgan fingerprint density at radius 3 is 2.23 bits per heavy atom. The molecule has 194 valence electrons. The maximum Gasteiger partial charge on any atom is 0.229 e. The molecule has 0 saturated heterocycles. The van der Waals surface area contributed by atoms with Gasteiger partial charge in [-0.1, -0.05) is 50.5 Å². The van der Waals surface area contributed by atoms with Crippen molar-refractivity contribution in [3.05, 3.63) is 103 Å². The molecule has 1 fully saturated rings. The smallest absolute Gasteiger partial charge is 0.229 e. The number of aromatic nitrogens is 4. The highest BCUT2D eigenvalue weighted by Crippen LogP contribution is 2.23. The molecule has 0 amide bonds. The van der Waals surface area contributed by atoms with Crippen LogP contribution in [0.1, 0.15) is 49.8 Å². The second kappa shape index (κ2) is 13.0. The van der Waals surface area contributed by atoms with Gasteiger partial charge in [-0.25, -0.2) is 9.97 Å². The van der Waals surface area contributed by atoms with E-state index >= 15 is 0 Å². The van der Waals surface area contributed by atoms with Crippen molar-refractivity contribution < 1.29 is 4.42 Å². The van der Waals surface area contributed by atoms with E-state index < -0.39 is 0 Å². The summed E-state index contributed by atoms with van der Waals surface area (Å²) in [4.78, 5) is 17.3. The van der Waals surface area contributed by atoms with E-state index in [2.05, 4.69) is 37.1 Å². The van der Waals surface area contributed by atoms with Gasteiger partial charge in [-0.05, 0) is 66.6 Å². The molecule has 39 heavy (non-hydrogen) atoms. The van der Waals surface area contributed by atoms with E-state index in [9.17, 15) is 0 Å². The van der Waals surface area contributed by atoms with E-state index in [1.807, 2.05) is 66.7 Å². The lowest BCUT2D eigenvalue weighted by atomic mass is 10.0. The first-order chi connectivity index (χ1) is 19.2. The summed E-state index contributed by atoms with van der Waals surface area (Å²) in [6.45, 7) is 0. The van der Waals surface area contributed by atoms with Crippen LogP contribution in [0.5, 0.6) is 0 Å². The highest BCUT2D eigenvalue weighted by molar-refractivity contribution is 5.71. The molecule has 6 rings (SSSR count). The van der Waals surface area contributed by atoms with E-state index in [-0.39, 0.29) is 0 Å². The zero-order valence-corrected chi connectivity index (χ0v) is 21.7. The molecule has 1 saturated carbocycles. The number of hydrogen-bond acceptors (Lipinski definition) is 7. The van der Waals surface area contributed by atoms with Gasteiger partial charge in [-0.2, -0.15) is 4.98 Å². The molecule has 0 atom stereocenters. The van der Waals surface area contributed by atoms with Gasteiger partial charge in [0.2, 0.25) is 5.95 Å². The Morgan fingerprint density at radius 1 is 0.769 bits per heavy atom. The molecule has 1 aromatic carbocycles. The van der Waals surface area contributed by atoms with E-state index in [1.165, 1.54) is 38.5 Å². The lowest BCUT2D eigenvalue weighted by Crippen LogP contribution is -2.02. The maximum absolute atomic E-state index is 6.11. The molecule has 1 aliphatic rings. The first-order valence-electron chi connectivity index (χ1n) is 13.2. The fourth-order valence-electron chi connectivity index (χ4n) is 4.23. The van der Waals surface area contributed by atoms with Crippen molar-refractivity contribution in [1.29, 1.82) is 0 Å². The first-order valence-corrected chi connectivity index (χ1v) is 13.2. The van der Waals surface area contributed by atoms with Crippen molar-refractivity contribution in [3.8, 4) is 34.4 Å². The van der Waals surface area contributed by atoms with Crippen molar-refractivity contribution >= 4 is 17.5 Å². The summed E-state index contributed by atoms with van der Waals surface area (Å²) in [6.07, 6.45) is 15.7. The molecule has 1 aliphatic carbocycles. The van der Waals surface area contributed by atoms with Crippen LogP contribution in [0, 0.1) is 11.8 Å². The maximum atomic E-state index is 6.11. The first kappa shape index (κ1) is 25.7. The van der Waals surface area contributed by atoms with Gasteiger partial charge in [-0.3, -0.25) is 4.98 Å². The third kappa shape index (κ3) is 7.30. The van der Waals surface area contributed by atoms with Crippen molar-refractivity contribution in [2.24, 2.45) is 0 Å². The minimum absolute atomic E-state index is 0.359. The quantitative estimate of drug-likeness (QED) is 0.243. The number of nitrogens with one attached hydrogen (secondary N) is 1. The number of pyridine rings is 2. The van der Waals surface area contributed by atoms with Gasteiger partial charge in [0.15, 0.2) is 0 Å². The summed E-state index contributed by atoms with van der Waals surface area (Å²) in [5.74, 6) is 7.77. The van der Waals surface area contributed by atoms with Crippen LogP contribution in [0.15, 0.2) is 96.0 Å². The largest absolute Gasteiger partial charge is 0.464 e. The number of benzene rings is 1. The molecular formula is C32H30N6O. The Hall–Kier alpha value is -4.96. The fraction of sp³-hybridized carbons (Fsp3) is 0.188. The van der Waals surface area contributed by atoms with Crippen LogP contribution in [0.2, 0.25) is 0 Å². The van der Waals surface area contributed by atoms with Gasteiger partial charge in [0, 0.05) is 35.4 Å². The van der Waals surface area contributed by atoms with E-state index in [1.54, 1.807) is 24.9 Å². The topological polar surface area (TPSA) is 103 Å². The zero-order valence-electron chi connectivity index (χ0n) is 21.7. The van der Waals surface area contributed by atoms with Crippen LogP contribution in [0.4, 0.5) is 17.5 Å². The second-order valence-electron chi connectivity index (χ2n) is 9.19. The summed E-state index contributed by atoms with van der Waals surface area (Å²) in [7, 11) is 0. The predicted molar refractivity (Wildman–Crippen MR) is 155 cm³/mol. The zero-order chi connectivity index (χ0) is 26.7. The average molecular weight is 515 g/mol. The van der Waals surface area contributed by atoms with Crippen LogP contribution in [0.3, 0.4) is 0 Å². The second-order valence-corrected chi connectivity index (χ2v) is 9.19. The molecule has 0 spiro atoms. The van der Waals surface area contributed by atoms with Gasteiger partial charge in [0.25, 0.3) is 0 Å². The summed E-state index contributed by atoms with van der Waals surface area (Å²) in [5, 5.41) is 3.15. The number of nitrogens with zero attached hydrogens (tertiary/aromatic N) is 4. The number of rotatable bonds is 4. The molecule has 3 N–H and O–H groups in total. The van der Waals surface area contributed by atoms with Crippen LogP contribution in [-0.4, -0.2) is 19.9 Å². The third-order valence-corrected chi connectivity index (χ3v) is 6.30. The number of furan rings is 1. The number of nitrogen functional groups attached to an aromatic ring is 1. The highest BCUT2D eigenvalue weighted by atomic mass is 16.3. The molecule has 7 heteroatoms. The SMILES string of the molecule is C1CCCCC1.Nc1nc(Nc2ccc(C#Cc3cc(-c4ccco4)ccn3)cc2)ncc1-c1ccccn1. The minimum Gasteiger partial charge on any atom is -0.464 e. The third-order valence-electron chi connectivity index (χ3n) is 6.30. The van der Waals surface area contributed by atoms with Crippen LogP contribution >= 0.6 is 0 Å². The van der Waals surface area contributed by atoms with Crippen molar-refractivity contribution in [2.45, 2.75) is 38.5 Å². The molecule has 7 nitrogen and oxygen atoms in total. The molecule has 5 aromatic rings. The average Bonchev–Trinajstić information content (AvgIpc) is 3.54. The lowest BCUT2D eigenvalue weighted by Gasteiger charge is -2.08. The molecule has 0 radical (unpaired) electrons. The van der Waals surface area contributed by atoms with Gasteiger partial charge < -0.3 is 15.5 Å². The summed E-state index contributed by atoms with van der Waals surface area (Å²) < 4.78 is 5.43. The predicted octanol–water partition coefficient (Wildman–Crippen LogP) is 7.26. The Bertz CT molecular complexity index is 1520. The Balaban J connectivity index is 0.000000455. The minimum atomic E-state index is 0.359. The highest BCUT2D eigenvalue weighted by Gasteiger charge is 2.08. The van der Waals surface area contributed by atoms with E-state index in [0.29, 0.717) is 23.0 Å². The summed E-state index contributed by atoms with van der Waals surface area (Å²) in [5.41, 5.74) is 10.8. The van der Waals surface area contributed by atoms with E-state index in [0.717, 1.165) is 28.3 Å². The monoisotopic (exact) mass is 514 g/mol. The normalized spacial score (nSPS) is 12.4. The lowest BCUT2D eigenvalue weighted by molar-refractivity contribution is 0.504. The van der Waals surface area contributed by atoms with Gasteiger partial charge in [0.05, 0.1) is 17.5 Å². The van der Waals surface area contributed by atoms with Gasteiger partial charge in [0.1, 0.15) is 17.3 Å². The van der Waals surface area contributed by atoms with Crippen molar-refractivity contribution in [3.63, 3.8) is 0 Å². The number of anilines is 3. The fourth-order valence-corrected chi connectivity index (χ4v) is 4.23. The van der Waals surface area contributed by atoms with Gasteiger partial charge in [-0.15, -0.1) is 0 Å². The van der Waals surface area contributed by atoms with Crippen LogP contribution in [-0.2, 0) is 0 Å². The van der Waals surface area contributed by atoms with Crippen molar-refractivity contribution in [2.75, 3.05) is 11.1 Å².